The third-order valence-corrected chi connectivity index (χ3v) is 2.33. The monoisotopic (exact) mass is 279 g/mol. The van der Waals surface area contributed by atoms with Crippen molar-refractivity contribution in [3.05, 3.63) is 35.1 Å². The summed E-state index contributed by atoms with van der Waals surface area (Å²) >= 11 is 0. The van der Waals surface area contributed by atoms with Crippen LogP contribution in [0.25, 0.3) is 0 Å². The molecule has 0 fully saturated rings. The van der Waals surface area contributed by atoms with Gasteiger partial charge in [0.15, 0.2) is 0 Å². The third kappa shape index (κ3) is 4.20. The number of carboxylic acid groups (broad SMARTS) is 1. The maximum absolute atomic E-state index is 13.2. The van der Waals surface area contributed by atoms with Gasteiger partial charge >= 0.3 is 12.1 Å². The second-order valence-corrected chi connectivity index (χ2v) is 4.36. The molecular weight excluding hydrogens is 266 g/mol. The van der Waals surface area contributed by atoms with Gasteiger partial charge in [-0.05, 0) is 37.6 Å². The predicted molar refractivity (Wildman–Crippen MR) is 60.1 cm³/mol. The van der Waals surface area contributed by atoms with Crippen LogP contribution < -0.4 is 5.32 Å². The van der Waals surface area contributed by atoms with Crippen LogP contribution in [0.3, 0.4) is 0 Å². The van der Waals surface area contributed by atoms with Crippen molar-refractivity contribution in [2.24, 2.45) is 0 Å². The molecule has 3 nitrogen and oxygen atoms in total. The van der Waals surface area contributed by atoms with Crippen LogP contribution in [0.15, 0.2) is 18.2 Å². The van der Waals surface area contributed by atoms with Gasteiger partial charge in [0, 0.05) is 6.04 Å². The summed E-state index contributed by atoms with van der Waals surface area (Å²) in [5.74, 6) is -2.49. The lowest BCUT2D eigenvalue weighted by atomic mass is 10.0. The van der Waals surface area contributed by atoms with Crippen molar-refractivity contribution >= 4 is 5.97 Å². The molecule has 1 atom stereocenters. The van der Waals surface area contributed by atoms with E-state index in [1.165, 1.54) is 0 Å². The normalized spacial score (nSPS) is 13.6. The lowest BCUT2D eigenvalue weighted by Crippen LogP contribution is -2.33. The highest BCUT2D eigenvalue weighted by Crippen LogP contribution is 2.31. The molecule has 1 unspecified atom stereocenters. The van der Waals surface area contributed by atoms with E-state index in [9.17, 15) is 22.4 Å². The molecule has 0 radical (unpaired) electrons. The molecule has 1 aromatic carbocycles. The largest absolute Gasteiger partial charge is 0.480 e. The fraction of sp³-hybridized carbons (Fsp3) is 0.417. The molecule has 0 saturated heterocycles. The average molecular weight is 279 g/mol. The van der Waals surface area contributed by atoms with Crippen molar-refractivity contribution in [3.8, 4) is 0 Å². The molecule has 1 rings (SSSR count). The number of carbonyl (C=O) groups is 1. The highest BCUT2D eigenvalue weighted by atomic mass is 19.4. The van der Waals surface area contributed by atoms with Crippen molar-refractivity contribution < 1.29 is 27.5 Å². The van der Waals surface area contributed by atoms with Crippen LogP contribution in [0, 0.1) is 5.82 Å². The molecule has 0 heterocycles. The number of aliphatic carboxylic acids is 1. The van der Waals surface area contributed by atoms with Gasteiger partial charge < -0.3 is 5.11 Å². The maximum Gasteiger partial charge on any atom is 0.416 e. The van der Waals surface area contributed by atoms with Crippen LogP contribution in [0.2, 0.25) is 0 Å². The molecule has 0 saturated carbocycles. The van der Waals surface area contributed by atoms with Crippen LogP contribution in [0.4, 0.5) is 17.6 Å². The molecule has 7 heteroatoms. The van der Waals surface area contributed by atoms with E-state index in [0.717, 1.165) is 6.07 Å². The summed E-state index contributed by atoms with van der Waals surface area (Å²) in [6.45, 7) is 3.28. The number of hydrogen-bond acceptors (Lipinski definition) is 2. The van der Waals surface area contributed by atoms with Gasteiger partial charge in [-0.25, -0.2) is 4.39 Å². The standard InChI is InChI=1S/C12H13F4NO2/c1-6(2)17-10(11(18)19)7-3-8(12(14,15)16)5-9(13)4-7/h3-6,10,17H,1-2H3,(H,18,19). The lowest BCUT2D eigenvalue weighted by Gasteiger charge is -2.19. The van der Waals surface area contributed by atoms with E-state index in [0.29, 0.717) is 12.1 Å². The number of rotatable bonds is 4. The fourth-order valence-corrected chi connectivity index (χ4v) is 1.59. The Morgan fingerprint density at radius 2 is 1.84 bits per heavy atom. The maximum atomic E-state index is 13.2. The van der Waals surface area contributed by atoms with E-state index >= 15 is 0 Å². The van der Waals surface area contributed by atoms with Crippen LogP contribution in [0.1, 0.15) is 31.0 Å². The molecule has 1 aromatic rings. The molecule has 0 aliphatic rings. The van der Waals surface area contributed by atoms with Crippen molar-refractivity contribution in [1.82, 2.24) is 5.32 Å². The summed E-state index contributed by atoms with van der Waals surface area (Å²) in [5, 5.41) is 11.6. The number of halogens is 4. The van der Waals surface area contributed by atoms with Gasteiger partial charge in [0.05, 0.1) is 5.56 Å². The quantitative estimate of drug-likeness (QED) is 0.833. The summed E-state index contributed by atoms with van der Waals surface area (Å²) in [4.78, 5) is 11.0. The first-order valence-corrected chi connectivity index (χ1v) is 5.48. The third-order valence-electron chi connectivity index (χ3n) is 2.33. The minimum absolute atomic E-state index is 0.270. The van der Waals surface area contributed by atoms with Crippen molar-refractivity contribution in [3.63, 3.8) is 0 Å². The number of alkyl halides is 3. The zero-order valence-corrected chi connectivity index (χ0v) is 10.3. The molecule has 0 amide bonds. The molecule has 106 valence electrons. The zero-order chi connectivity index (χ0) is 14.8. The minimum atomic E-state index is -4.72. The first-order valence-electron chi connectivity index (χ1n) is 5.48. The Morgan fingerprint density at radius 1 is 1.26 bits per heavy atom. The van der Waals surface area contributed by atoms with Crippen LogP contribution in [-0.2, 0) is 11.0 Å². The molecule has 0 aromatic heterocycles. The Bertz CT molecular complexity index is 471. The van der Waals surface area contributed by atoms with E-state index in [4.69, 9.17) is 5.11 Å². The highest BCUT2D eigenvalue weighted by molar-refractivity contribution is 5.75. The average Bonchev–Trinajstić information content (AvgIpc) is 2.23. The van der Waals surface area contributed by atoms with Gasteiger partial charge in [0.25, 0.3) is 0 Å². The van der Waals surface area contributed by atoms with E-state index in [2.05, 4.69) is 5.32 Å². The number of nitrogens with one attached hydrogen (secondary N) is 1. The Labute approximate surface area is 107 Å². The summed E-state index contributed by atoms with van der Waals surface area (Å²) in [7, 11) is 0. The highest BCUT2D eigenvalue weighted by Gasteiger charge is 2.33. The second kappa shape index (κ2) is 5.56. The fourth-order valence-electron chi connectivity index (χ4n) is 1.59. The van der Waals surface area contributed by atoms with E-state index in [1.807, 2.05) is 0 Å². The van der Waals surface area contributed by atoms with Crippen molar-refractivity contribution in [1.29, 1.82) is 0 Å². The van der Waals surface area contributed by atoms with Crippen molar-refractivity contribution in [2.75, 3.05) is 0 Å². The smallest absolute Gasteiger partial charge is 0.416 e. The molecule has 0 bridgehead atoms. The summed E-state index contributed by atoms with van der Waals surface area (Å²) in [6.07, 6.45) is -4.72. The Kier molecular flexibility index (Phi) is 4.52. The van der Waals surface area contributed by atoms with Crippen molar-refractivity contribution in [2.45, 2.75) is 32.1 Å². The van der Waals surface area contributed by atoms with Gasteiger partial charge in [-0.1, -0.05) is 0 Å². The number of carboxylic acids is 1. The van der Waals surface area contributed by atoms with E-state index in [-0.39, 0.29) is 11.6 Å². The first kappa shape index (κ1) is 15.4. The van der Waals surface area contributed by atoms with Gasteiger partial charge in [0.1, 0.15) is 11.9 Å². The topological polar surface area (TPSA) is 49.3 Å². The SMILES string of the molecule is CC(C)NC(C(=O)O)c1cc(F)cc(C(F)(F)F)c1. The molecule has 0 aliphatic carbocycles. The van der Waals surface area contributed by atoms with Crippen LogP contribution in [0.5, 0.6) is 0 Å². The molecular formula is C12H13F4NO2. The van der Waals surface area contributed by atoms with Gasteiger partial charge in [-0.15, -0.1) is 0 Å². The van der Waals surface area contributed by atoms with E-state index in [1.54, 1.807) is 13.8 Å². The summed E-state index contributed by atoms with van der Waals surface area (Å²) < 4.78 is 50.8. The Balaban J connectivity index is 3.24. The van der Waals surface area contributed by atoms with Crippen LogP contribution >= 0.6 is 0 Å². The molecule has 2 N–H and O–H groups in total. The Morgan fingerprint density at radius 3 is 2.26 bits per heavy atom. The predicted octanol–water partition coefficient (Wildman–Crippen LogP) is 2.97. The summed E-state index contributed by atoms with van der Waals surface area (Å²) in [5.41, 5.74) is -1.48. The van der Waals surface area contributed by atoms with E-state index < -0.39 is 29.6 Å². The van der Waals surface area contributed by atoms with Gasteiger partial charge in [-0.2, -0.15) is 13.2 Å². The number of benzene rings is 1. The molecule has 19 heavy (non-hydrogen) atoms. The lowest BCUT2D eigenvalue weighted by molar-refractivity contribution is -0.141. The Hall–Kier alpha value is -1.63. The van der Waals surface area contributed by atoms with Gasteiger partial charge in [0.2, 0.25) is 0 Å². The first-order chi connectivity index (χ1) is 8.61. The molecule has 0 aliphatic heterocycles. The second-order valence-electron chi connectivity index (χ2n) is 4.36. The summed E-state index contributed by atoms with van der Waals surface area (Å²) in [6, 6.07) is 0.0776. The van der Waals surface area contributed by atoms with Crippen LogP contribution in [-0.4, -0.2) is 17.1 Å². The zero-order valence-electron chi connectivity index (χ0n) is 10.3. The minimum Gasteiger partial charge on any atom is -0.480 e. The van der Waals surface area contributed by atoms with Gasteiger partial charge in [-0.3, -0.25) is 10.1 Å². The number of hydrogen-bond donors (Lipinski definition) is 2. The molecule has 0 spiro atoms.